The van der Waals surface area contributed by atoms with Gasteiger partial charge in [0.25, 0.3) is 0 Å². The molecule has 2 aromatic heterocycles. The zero-order valence-electron chi connectivity index (χ0n) is 15.4. The number of aromatic nitrogens is 3. The minimum atomic E-state index is 0.0638. The van der Waals surface area contributed by atoms with Crippen molar-refractivity contribution in [2.45, 2.75) is 32.7 Å². The van der Waals surface area contributed by atoms with Crippen molar-refractivity contribution in [3.63, 3.8) is 0 Å². The third-order valence-corrected chi connectivity index (χ3v) is 6.13. The third-order valence-electron chi connectivity index (χ3n) is 5.05. The van der Waals surface area contributed by atoms with Crippen molar-refractivity contribution in [1.82, 2.24) is 14.6 Å². The number of hydrogen-bond donors (Lipinski definition) is 2. The lowest BCUT2D eigenvalue weighted by Gasteiger charge is -2.31. The molecule has 1 aliphatic heterocycles. The molecule has 0 saturated carbocycles. The van der Waals surface area contributed by atoms with Crippen LogP contribution in [-0.2, 0) is 4.74 Å². The molecule has 3 aromatic rings. The van der Waals surface area contributed by atoms with E-state index in [-0.39, 0.29) is 11.9 Å². The maximum atomic E-state index is 10.8. The number of rotatable bonds is 4. The van der Waals surface area contributed by atoms with Gasteiger partial charge in [-0.1, -0.05) is 49.4 Å². The van der Waals surface area contributed by atoms with Crippen LogP contribution in [0.15, 0.2) is 24.3 Å². The number of fused-ring (bicyclic) bond motifs is 1. The minimum Gasteiger partial charge on any atom is -0.492 e. The highest BCUT2D eigenvalue weighted by molar-refractivity contribution is 7.17. The van der Waals surface area contributed by atoms with Crippen molar-refractivity contribution in [2.24, 2.45) is 0 Å². The third kappa shape index (κ3) is 3.11. The van der Waals surface area contributed by atoms with E-state index in [4.69, 9.17) is 4.74 Å². The molecule has 1 aliphatic rings. The van der Waals surface area contributed by atoms with E-state index in [1.807, 2.05) is 6.92 Å². The Bertz CT molecular complexity index is 894. The molecule has 0 amide bonds. The Morgan fingerprint density at radius 1 is 1.15 bits per heavy atom. The summed E-state index contributed by atoms with van der Waals surface area (Å²) >= 11 is 1.53. The minimum absolute atomic E-state index is 0.0638. The molecule has 2 N–H and O–H groups in total. The van der Waals surface area contributed by atoms with Crippen LogP contribution in [0.1, 0.15) is 47.6 Å². The molecule has 1 saturated heterocycles. The van der Waals surface area contributed by atoms with Gasteiger partial charge in [0, 0.05) is 5.56 Å². The zero-order chi connectivity index (χ0) is 18.3. The second kappa shape index (κ2) is 6.98. The number of nitrogens with zero attached hydrogens (tertiary/aromatic N) is 3. The van der Waals surface area contributed by atoms with Crippen molar-refractivity contribution in [2.75, 3.05) is 26.3 Å². The molecule has 26 heavy (non-hydrogen) atoms. The second-order valence-electron chi connectivity index (χ2n) is 7.17. The standard InChI is InChI=1S/C19H24N4O2S/c1-12(2)14-4-6-15(7-5-14)16(22-8-10-25-11-9-22)17-18(24)23-19(26-17)20-13(3)21-23/h4-7,12,16,24H,8-11H2,1-3H3/p+1/t16-/m1/s1. The van der Waals surface area contributed by atoms with Gasteiger partial charge in [-0.2, -0.15) is 4.52 Å². The molecule has 1 aromatic carbocycles. The number of ether oxygens (including phenoxy) is 1. The number of quaternary nitrogens is 1. The Balaban J connectivity index is 1.78. The molecular formula is C19H25N4O2S+. The quantitative estimate of drug-likeness (QED) is 0.734. The average molecular weight is 374 g/mol. The van der Waals surface area contributed by atoms with Gasteiger partial charge in [-0.15, -0.1) is 5.10 Å². The summed E-state index contributed by atoms with van der Waals surface area (Å²) in [6.45, 7) is 9.58. The number of nitrogens with one attached hydrogen (secondary N) is 1. The summed E-state index contributed by atoms with van der Waals surface area (Å²) in [5.74, 6) is 1.39. The normalized spacial score (nSPS) is 17.2. The monoisotopic (exact) mass is 373 g/mol. The fourth-order valence-corrected chi connectivity index (χ4v) is 4.79. The Morgan fingerprint density at radius 2 is 1.81 bits per heavy atom. The topological polar surface area (TPSA) is 64.1 Å². The molecule has 138 valence electrons. The summed E-state index contributed by atoms with van der Waals surface area (Å²) in [4.78, 5) is 7.50. The van der Waals surface area contributed by atoms with Crippen molar-refractivity contribution >= 4 is 16.3 Å². The van der Waals surface area contributed by atoms with Gasteiger partial charge in [0.1, 0.15) is 23.8 Å². The van der Waals surface area contributed by atoms with Crippen molar-refractivity contribution < 1.29 is 14.7 Å². The molecule has 1 fully saturated rings. The lowest BCUT2D eigenvalue weighted by Crippen LogP contribution is -3.14. The maximum absolute atomic E-state index is 10.8. The maximum Gasteiger partial charge on any atom is 0.235 e. The Morgan fingerprint density at radius 3 is 2.42 bits per heavy atom. The number of aromatic hydroxyl groups is 1. The van der Waals surface area contributed by atoms with Gasteiger partial charge in [0.05, 0.1) is 13.2 Å². The van der Waals surface area contributed by atoms with Crippen LogP contribution in [0.5, 0.6) is 5.88 Å². The molecule has 0 aliphatic carbocycles. The van der Waals surface area contributed by atoms with Crippen LogP contribution in [0.4, 0.5) is 0 Å². The van der Waals surface area contributed by atoms with E-state index in [1.165, 1.54) is 27.4 Å². The first-order valence-corrected chi connectivity index (χ1v) is 9.93. The molecule has 6 nitrogen and oxygen atoms in total. The van der Waals surface area contributed by atoms with Crippen LogP contribution in [0.2, 0.25) is 0 Å². The summed E-state index contributed by atoms with van der Waals surface area (Å²) in [7, 11) is 0. The molecule has 1 atom stereocenters. The molecule has 0 bridgehead atoms. The number of thiazole rings is 1. The van der Waals surface area contributed by atoms with Gasteiger partial charge in [0.2, 0.25) is 10.8 Å². The average Bonchev–Trinajstić information content (AvgIpc) is 3.14. The lowest BCUT2D eigenvalue weighted by molar-refractivity contribution is -0.932. The molecule has 7 heteroatoms. The summed E-state index contributed by atoms with van der Waals surface area (Å²) in [5, 5.41) is 15.2. The first-order chi connectivity index (χ1) is 12.5. The fourth-order valence-electron chi connectivity index (χ4n) is 3.60. The number of benzene rings is 1. The van der Waals surface area contributed by atoms with Crippen molar-refractivity contribution in [1.29, 1.82) is 0 Å². The van der Waals surface area contributed by atoms with E-state index >= 15 is 0 Å². The highest BCUT2D eigenvalue weighted by Crippen LogP contribution is 2.35. The van der Waals surface area contributed by atoms with Gasteiger partial charge in [-0.05, 0) is 18.4 Å². The molecular weight excluding hydrogens is 348 g/mol. The lowest BCUT2D eigenvalue weighted by atomic mass is 9.97. The smallest absolute Gasteiger partial charge is 0.235 e. The van der Waals surface area contributed by atoms with Gasteiger partial charge in [-0.25, -0.2) is 4.98 Å². The van der Waals surface area contributed by atoms with Crippen LogP contribution < -0.4 is 4.90 Å². The zero-order valence-corrected chi connectivity index (χ0v) is 16.2. The van der Waals surface area contributed by atoms with Gasteiger partial charge in [-0.3, -0.25) is 0 Å². The number of hydrogen-bond acceptors (Lipinski definition) is 5. The van der Waals surface area contributed by atoms with Crippen molar-refractivity contribution in [3.8, 4) is 5.88 Å². The van der Waals surface area contributed by atoms with Crippen LogP contribution in [0.25, 0.3) is 4.96 Å². The van der Waals surface area contributed by atoms with Crippen LogP contribution >= 0.6 is 11.3 Å². The predicted molar refractivity (Wildman–Crippen MR) is 101 cm³/mol. The SMILES string of the molecule is Cc1nc2sc([C@@H](c3ccc(C(C)C)cc3)[NH+]3CCOCC3)c(O)n2n1. The van der Waals surface area contributed by atoms with Crippen LogP contribution in [-0.4, -0.2) is 46.0 Å². The highest BCUT2D eigenvalue weighted by atomic mass is 32.1. The summed E-state index contributed by atoms with van der Waals surface area (Å²) in [5.41, 5.74) is 2.54. The van der Waals surface area contributed by atoms with E-state index < -0.39 is 0 Å². The Labute approximate surface area is 157 Å². The Hall–Kier alpha value is -1.96. The van der Waals surface area contributed by atoms with Gasteiger partial charge < -0.3 is 14.7 Å². The molecule has 0 unspecified atom stereocenters. The van der Waals surface area contributed by atoms with E-state index in [0.717, 1.165) is 36.1 Å². The first kappa shape index (κ1) is 17.5. The van der Waals surface area contributed by atoms with Gasteiger partial charge >= 0.3 is 0 Å². The molecule has 4 rings (SSSR count). The number of morpholine rings is 1. The predicted octanol–water partition coefficient (Wildman–Crippen LogP) is 1.93. The first-order valence-electron chi connectivity index (χ1n) is 9.12. The highest BCUT2D eigenvalue weighted by Gasteiger charge is 2.33. The van der Waals surface area contributed by atoms with E-state index in [9.17, 15) is 5.11 Å². The number of aryl methyl sites for hydroxylation is 1. The fraction of sp³-hybridized carbons (Fsp3) is 0.474. The molecule has 3 heterocycles. The summed E-state index contributed by atoms with van der Waals surface area (Å²) < 4.78 is 7.11. The Kier molecular flexibility index (Phi) is 4.69. The van der Waals surface area contributed by atoms with E-state index in [0.29, 0.717) is 11.7 Å². The van der Waals surface area contributed by atoms with Crippen LogP contribution in [0.3, 0.4) is 0 Å². The molecule has 0 spiro atoms. The van der Waals surface area contributed by atoms with Gasteiger partial charge in [0.15, 0.2) is 6.04 Å². The summed E-state index contributed by atoms with van der Waals surface area (Å²) in [6.07, 6.45) is 0. The van der Waals surface area contributed by atoms with E-state index in [1.54, 1.807) is 4.52 Å². The van der Waals surface area contributed by atoms with Crippen molar-refractivity contribution in [3.05, 3.63) is 46.1 Å². The summed E-state index contributed by atoms with van der Waals surface area (Å²) in [6, 6.07) is 8.86. The van der Waals surface area contributed by atoms with Crippen LogP contribution in [0, 0.1) is 6.92 Å². The largest absolute Gasteiger partial charge is 0.492 e. The van der Waals surface area contributed by atoms with E-state index in [2.05, 4.69) is 48.2 Å². The molecule has 0 radical (unpaired) electrons. The second-order valence-corrected chi connectivity index (χ2v) is 8.18.